The van der Waals surface area contributed by atoms with Crippen molar-refractivity contribution in [1.82, 2.24) is 0 Å². The molecule has 3 atom stereocenters. The molecule has 5 nitrogen and oxygen atoms in total. The number of rotatable bonds is 3. The van der Waals surface area contributed by atoms with Crippen LogP contribution in [0.25, 0.3) is 0 Å². The van der Waals surface area contributed by atoms with E-state index in [2.05, 4.69) is 29.6 Å². The number of hydrogen-bond donors (Lipinski definition) is 1. The van der Waals surface area contributed by atoms with Crippen molar-refractivity contribution in [2.75, 3.05) is 12.4 Å². The molecular weight excluding hydrogens is 304 g/mol. The Morgan fingerprint density at radius 3 is 2.71 bits per heavy atom. The molecule has 0 saturated carbocycles. The Bertz CT molecular complexity index is 814. The predicted octanol–water partition coefficient (Wildman–Crippen LogP) is 4.43. The van der Waals surface area contributed by atoms with Gasteiger partial charge in [0.25, 0.3) is 5.69 Å². The van der Waals surface area contributed by atoms with Crippen molar-refractivity contribution in [2.45, 2.75) is 18.4 Å². The van der Waals surface area contributed by atoms with Gasteiger partial charge in [0.15, 0.2) is 0 Å². The number of nitrogens with zero attached hydrogens (tertiary/aromatic N) is 1. The summed E-state index contributed by atoms with van der Waals surface area (Å²) in [4.78, 5) is 10.5. The number of nitro benzene ring substituents is 1. The van der Waals surface area contributed by atoms with E-state index in [0.717, 1.165) is 23.4 Å². The van der Waals surface area contributed by atoms with E-state index in [-0.39, 0.29) is 16.7 Å². The van der Waals surface area contributed by atoms with Crippen LogP contribution in [0.1, 0.15) is 29.5 Å². The molecule has 0 bridgehead atoms. The second-order valence-corrected chi connectivity index (χ2v) is 6.28. The van der Waals surface area contributed by atoms with Crippen LogP contribution >= 0.6 is 0 Å². The molecule has 2 aliphatic rings. The molecule has 1 aliphatic carbocycles. The summed E-state index contributed by atoms with van der Waals surface area (Å²) in [5, 5.41) is 14.5. The van der Waals surface area contributed by atoms with E-state index in [9.17, 15) is 10.1 Å². The first-order chi connectivity index (χ1) is 11.7. The molecule has 0 fully saturated rings. The van der Waals surface area contributed by atoms with Gasteiger partial charge in [-0.2, -0.15) is 0 Å². The zero-order valence-electron chi connectivity index (χ0n) is 13.3. The third-order valence-corrected chi connectivity index (χ3v) is 5.03. The van der Waals surface area contributed by atoms with E-state index in [1.54, 1.807) is 19.2 Å². The molecule has 0 aromatic heterocycles. The summed E-state index contributed by atoms with van der Waals surface area (Å²) in [7, 11) is 1.68. The largest absolute Gasteiger partial charge is 0.497 e. The van der Waals surface area contributed by atoms with Crippen LogP contribution in [0.15, 0.2) is 54.6 Å². The summed E-state index contributed by atoms with van der Waals surface area (Å²) >= 11 is 0. The van der Waals surface area contributed by atoms with Gasteiger partial charge in [0.2, 0.25) is 0 Å². The van der Waals surface area contributed by atoms with Gasteiger partial charge in [-0.25, -0.2) is 0 Å². The van der Waals surface area contributed by atoms with Gasteiger partial charge in [0, 0.05) is 23.7 Å². The summed E-state index contributed by atoms with van der Waals surface area (Å²) in [6.07, 6.45) is 5.49. The van der Waals surface area contributed by atoms with Gasteiger partial charge in [-0.05, 0) is 41.7 Å². The van der Waals surface area contributed by atoms with Crippen molar-refractivity contribution in [3.05, 3.63) is 75.9 Å². The quantitative estimate of drug-likeness (QED) is 0.516. The summed E-state index contributed by atoms with van der Waals surface area (Å²) in [6, 6.07) is 13.1. The molecule has 1 heterocycles. The second kappa shape index (κ2) is 5.67. The maximum Gasteiger partial charge on any atom is 0.269 e. The van der Waals surface area contributed by atoms with Crippen LogP contribution in [-0.4, -0.2) is 12.0 Å². The molecule has 0 spiro atoms. The van der Waals surface area contributed by atoms with Crippen molar-refractivity contribution in [1.29, 1.82) is 0 Å². The number of hydrogen-bond acceptors (Lipinski definition) is 4. The smallest absolute Gasteiger partial charge is 0.269 e. The standard InChI is InChI=1S/C19H18N2O3/c1-24-14-9-10-18-17(11-14)15-3-2-4-16(15)19(20-18)12-5-7-13(8-6-12)21(22)23/h2-3,5-11,15-16,19-20H,4H2,1H3/t15-,16+,19-/m0/s1. The molecule has 1 N–H and O–H groups in total. The van der Waals surface area contributed by atoms with Gasteiger partial charge in [0.05, 0.1) is 18.1 Å². The molecule has 24 heavy (non-hydrogen) atoms. The number of non-ortho nitro benzene ring substituents is 1. The lowest BCUT2D eigenvalue weighted by molar-refractivity contribution is -0.384. The maximum absolute atomic E-state index is 10.9. The van der Waals surface area contributed by atoms with Crippen molar-refractivity contribution in [3.63, 3.8) is 0 Å². The molecule has 0 unspecified atom stereocenters. The average Bonchev–Trinajstić information content (AvgIpc) is 3.10. The Morgan fingerprint density at radius 2 is 2.00 bits per heavy atom. The fraction of sp³-hybridized carbons (Fsp3) is 0.263. The van der Waals surface area contributed by atoms with Crippen LogP contribution in [0.3, 0.4) is 0 Å². The van der Waals surface area contributed by atoms with E-state index in [0.29, 0.717) is 11.8 Å². The Kier molecular flexibility index (Phi) is 3.49. The first-order valence-electron chi connectivity index (χ1n) is 8.03. The second-order valence-electron chi connectivity index (χ2n) is 6.28. The molecule has 4 rings (SSSR count). The van der Waals surface area contributed by atoms with Crippen LogP contribution in [-0.2, 0) is 0 Å². The third kappa shape index (κ3) is 2.33. The molecule has 2 aromatic carbocycles. The van der Waals surface area contributed by atoms with Gasteiger partial charge in [-0.3, -0.25) is 10.1 Å². The molecule has 0 radical (unpaired) electrons. The summed E-state index contributed by atoms with van der Waals surface area (Å²) in [5.74, 6) is 1.62. The monoisotopic (exact) mass is 322 g/mol. The van der Waals surface area contributed by atoms with Gasteiger partial charge >= 0.3 is 0 Å². The minimum Gasteiger partial charge on any atom is -0.497 e. The molecule has 122 valence electrons. The molecule has 2 aromatic rings. The van der Waals surface area contributed by atoms with Gasteiger partial charge < -0.3 is 10.1 Å². The number of benzene rings is 2. The van der Waals surface area contributed by atoms with Crippen LogP contribution in [0.5, 0.6) is 5.75 Å². The highest BCUT2D eigenvalue weighted by Crippen LogP contribution is 2.50. The van der Waals surface area contributed by atoms with Crippen molar-refractivity contribution in [2.24, 2.45) is 5.92 Å². The number of methoxy groups -OCH3 is 1. The minimum atomic E-state index is -0.362. The highest BCUT2D eigenvalue weighted by Gasteiger charge is 2.38. The maximum atomic E-state index is 10.9. The number of ether oxygens (including phenoxy) is 1. The summed E-state index contributed by atoms with van der Waals surface area (Å²) in [6.45, 7) is 0. The zero-order valence-corrected chi connectivity index (χ0v) is 13.3. The highest BCUT2D eigenvalue weighted by molar-refractivity contribution is 5.61. The number of allylic oxidation sites excluding steroid dienone is 2. The number of nitro groups is 1. The van der Waals surface area contributed by atoms with E-state index in [1.807, 2.05) is 18.2 Å². The van der Waals surface area contributed by atoms with Gasteiger partial charge in [0.1, 0.15) is 5.75 Å². The molecule has 1 aliphatic heterocycles. The first kappa shape index (κ1) is 14.8. The van der Waals surface area contributed by atoms with E-state index >= 15 is 0 Å². The number of anilines is 1. The lowest BCUT2D eigenvalue weighted by Crippen LogP contribution is -2.29. The predicted molar refractivity (Wildman–Crippen MR) is 92.4 cm³/mol. The fourth-order valence-electron chi connectivity index (χ4n) is 3.83. The Hall–Kier alpha value is -2.82. The first-order valence-corrected chi connectivity index (χ1v) is 8.03. The van der Waals surface area contributed by atoms with Gasteiger partial charge in [-0.1, -0.05) is 24.3 Å². The molecule has 0 saturated heterocycles. The SMILES string of the molecule is COc1ccc2c(c1)[C@H]1C=CC[C@H]1[C@H](c1ccc([N+](=O)[O-])cc1)N2. The van der Waals surface area contributed by atoms with Crippen molar-refractivity contribution >= 4 is 11.4 Å². The van der Waals surface area contributed by atoms with Crippen LogP contribution in [0, 0.1) is 16.0 Å². The Labute approximate surface area is 140 Å². The third-order valence-electron chi connectivity index (χ3n) is 5.03. The van der Waals surface area contributed by atoms with Crippen LogP contribution < -0.4 is 10.1 Å². The Balaban J connectivity index is 1.71. The van der Waals surface area contributed by atoms with Crippen molar-refractivity contribution in [3.8, 4) is 5.75 Å². The van der Waals surface area contributed by atoms with Crippen LogP contribution in [0.4, 0.5) is 11.4 Å². The average molecular weight is 322 g/mol. The van der Waals surface area contributed by atoms with E-state index in [4.69, 9.17) is 4.74 Å². The normalized spacial score (nSPS) is 24.0. The molecular formula is C19H18N2O3. The Morgan fingerprint density at radius 1 is 1.21 bits per heavy atom. The highest BCUT2D eigenvalue weighted by atomic mass is 16.6. The van der Waals surface area contributed by atoms with Crippen LogP contribution in [0.2, 0.25) is 0 Å². The lowest BCUT2D eigenvalue weighted by atomic mass is 9.77. The molecule has 5 heteroatoms. The number of fused-ring (bicyclic) bond motifs is 3. The zero-order chi connectivity index (χ0) is 16.7. The lowest BCUT2D eigenvalue weighted by Gasteiger charge is -2.37. The number of nitrogens with one attached hydrogen (secondary N) is 1. The summed E-state index contributed by atoms with van der Waals surface area (Å²) in [5.41, 5.74) is 3.57. The fourth-order valence-corrected chi connectivity index (χ4v) is 3.83. The molecule has 0 amide bonds. The minimum absolute atomic E-state index is 0.126. The van der Waals surface area contributed by atoms with E-state index in [1.165, 1.54) is 5.56 Å². The van der Waals surface area contributed by atoms with E-state index < -0.39 is 0 Å². The summed E-state index contributed by atoms with van der Waals surface area (Å²) < 4.78 is 5.36. The van der Waals surface area contributed by atoms with Gasteiger partial charge in [-0.15, -0.1) is 0 Å². The van der Waals surface area contributed by atoms with Crippen molar-refractivity contribution < 1.29 is 9.66 Å². The topological polar surface area (TPSA) is 64.4 Å².